The topological polar surface area (TPSA) is 60.2 Å². The van der Waals surface area contributed by atoms with E-state index in [1.165, 1.54) is 6.42 Å². The molecule has 1 heterocycles. The number of nitrogen functional groups attached to an aromatic ring is 1. The van der Waals surface area contributed by atoms with E-state index in [1.807, 2.05) is 12.1 Å². The van der Waals surface area contributed by atoms with Gasteiger partial charge in [-0.25, -0.2) is 0 Å². The summed E-state index contributed by atoms with van der Waals surface area (Å²) in [7, 11) is 0. The molecule has 1 aliphatic carbocycles. The highest BCUT2D eigenvalue weighted by Crippen LogP contribution is 2.37. The average molecular weight is 235 g/mol. The molecule has 0 saturated heterocycles. The first-order valence-electron chi connectivity index (χ1n) is 6.34. The summed E-state index contributed by atoms with van der Waals surface area (Å²) in [4.78, 5) is 4.38. The van der Waals surface area contributed by atoms with E-state index in [4.69, 9.17) is 10.5 Å². The molecular weight excluding hydrogens is 214 g/mol. The molecule has 1 aromatic rings. The molecule has 1 aliphatic rings. The largest absolute Gasteiger partial charge is 0.476 e. The van der Waals surface area contributed by atoms with Crippen LogP contribution < -0.4 is 15.8 Å². The molecule has 2 atom stereocenters. The predicted molar refractivity (Wildman–Crippen MR) is 70.2 cm³/mol. The molecule has 3 N–H and O–H groups in total. The molecule has 1 aromatic heterocycles. The van der Waals surface area contributed by atoms with Crippen molar-refractivity contribution in [1.29, 1.82) is 0 Å². The van der Waals surface area contributed by atoms with Gasteiger partial charge in [-0.05, 0) is 36.8 Å². The van der Waals surface area contributed by atoms with Crippen LogP contribution in [0.2, 0.25) is 0 Å². The quantitative estimate of drug-likeness (QED) is 0.795. The Hall–Kier alpha value is -1.45. The number of nitrogens with one attached hydrogen (secondary N) is 1. The number of aromatic nitrogens is 1. The summed E-state index contributed by atoms with van der Waals surface area (Å²) in [5.41, 5.74) is 6.41. The lowest BCUT2D eigenvalue weighted by Crippen LogP contribution is -2.08. The minimum Gasteiger partial charge on any atom is -0.476 e. The maximum absolute atomic E-state index is 5.81. The predicted octanol–water partition coefficient (Wildman–Crippen LogP) is 2.52. The summed E-state index contributed by atoms with van der Waals surface area (Å²) < 4.78 is 5.49. The van der Waals surface area contributed by atoms with Crippen LogP contribution in [0.25, 0.3) is 0 Å². The van der Waals surface area contributed by atoms with E-state index in [9.17, 15) is 0 Å². The molecule has 4 nitrogen and oxygen atoms in total. The monoisotopic (exact) mass is 235 g/mol. The first-order valence-corrected chi connectivity index (χ1v) is 6.34. The standard InChI is InChI=1S/C13H21N3O/c1-3-6-17-13-11(14)4-5-12(16-13)15-8-10-7-9(10)2/h4-5,9-10H,3,6-8,14H2,1-2H3,(H,15,16). The van der Waals surface area contributed by atoms with Gasteiger partial charge in [-0.15, -0.1) is 0 Å². The van der Waals surface area contributed by atoms with Gasteiger partial charge >= 0.3 is 0 Å². The first-order chi connectivity index (χ1) is 8.20. The molecule has 0 radical (unpaired) electrons. The van der Waals surface area contributed by atoms with Crippen LogP contribution >= 0.6 is 0 Å². The van der Waals surface area contributed by atoms with Crippen molar-refractivity contribution in [2.45, 2.75) is 26.7 Å². The molecular formula is C13H21N3O. The Morgan fingerprint density at radius 1 is 1.53 bits per heavy atom. The second-order valence-electron chi connectivity index (χ2n) is 4.79. The summed E-state index contributed by atoms with van der Waals surface area (Å²) in [6.07, 6.45) is 2.28. The van der Waals surface area contributed by atoms with Gasteiger partial charge in [0.05, 0.1) is 12.3 Å². The van der Waals surface area contributed by atoms with Crippen LogP contribution in [0.15, 0.2) is 12.1 Å². The lowest BCUT2D eigenvalue weighted by molar-refractivity contribution is 0.307. The fraction of sp³-hybridized carbons (Fsp3) is 0.615. The molecule has 1 saturated carbocycles. The number of anilines is 2. The molecule has 4 heteroatoms. The van der Waals surface area contributed by atoms with Gasteiger partial charge in [0, 0.05) is 6.54 Å². The Labute approximate surface area is 103 Å². The van der Waals surface area contributed by atoms with Crippen LogP contribution in [-0.2, 0) is 0 Å². The van der Waals surface area contributed by atoms with Crippen molar-refractivity contribution >= 4 is 11.5 Å². The molecule has 17 heavy (non-hydrogen) atoms. The minimum atomic E-state index is 0.542. The molecule has 2 unspecified atom stereocenters. The number of nitrogens with zero attached hydrogens (tertiary/aromatic N) is 1. The van der Waals surface area contributed by atoms with Crippen molar-refractivity contribution in [3.05, 3.63) is 12.1 Å². The zero-order chi connectivity index (χ0) is 12.3. The van der Waals surface area contributed by atoms with E-state index in [1.54, 1.807) is 0 Å². The third-order valence-electron chi connectivity index (χ3n) is 3.15. The smallest absolute Gasteiger partial charge is 0.239 e. The van der Waals surface area contributed by atoms with E-state index in [-0.39, 0.29) is 0 Å². The highest BCUT2D eigenvalue weighted by Gasteiger charge is 2.31. The maximum Gasteiger partial charge on any atom is 0.239 e. The lowest BCUT2D eigenvalue weighted by atomic mass is 10.3. The number of hydrogen-bond acceptors (Lipinski definition) is 4. The number of hydrogen-bond donors (Lipinski definition) is 2. The van der Waals surface area contributed by atoms with Gasteiger partial charge in [-0.1, -0.05) is 13.8 Å². The van der Waals surface area contributed by atoms with Gasteiger partial charge in [0.25, 0.3) is 0 Å². The third kappa shape index (κ3) is 3.25. The first kappa shape index (κ1) is 12.0. The fourth-order valence-electron chi connectivity index (χ4n) is 1.78. The Balaban J connectivity index is 1.92. The maximum atomic E-state index is 5.81. The number of pyridine rings is 1. The molecule has 0 aromatic carbocycles. The summed E-state index contributed by atoms with van der Waals surface area (Å²) in [5.74, 6) is 3.05. The molecule has 0 bridgehead atoms. The van der Waals surface area contributed by atoms with E-state index < -0.39 is 0 Å². The van der Waals surface area contributed by atoms with Crippen molar-refractivity contribution in [2.24, 2.45) is 11.8 Å². The van der Waals surface area contributed by atoms with E-state index >= 15 is 0 Å². The zero-order valence-electron chi connectivity index (χ0n) is 10.6. The highest BCUT2D eigenvalue weighted by atomic mass is 16.5. The Kier molecular flexibility index (Phi) is 3.71. The molecule has 0 spiro atoms. The molecule has 0 aliphatic heterocycles. The summed E-state index contributed by atoms with van der Waals surface area (Å²) in [5, 5.41) is 3.33. The second kappa shape index (κ2) is 5.25. The minimum absolute atomic E-state index is 0.542. The Morgan fingerprint density at radius 3 is 2.94 bits per heavy atom. The van der Waals surface area contributed by atoms with Crippen molar-refractivity contribution in [2.75, 3.05) is 24.2 Å². The Bertz CT molecular complexity index is 381. The zero-order valence-corrected chi connectivity index (χ0v) is 10.6. The van der Waals surface area contributed by atoms with Crippen LogP contribution in [0.1, 0.15) is 26.7 Å². The van der Waals surface area contributed by atoms with Gasteiger partial charge in [-0.3, -0.25) is 0 Å². The van der Waals surface area contributed by atoms with Gasteiger partial charge in [-0.2, -0.15) is 4.98 Å². The van der Waals surface area contributed by atoms with Crippen LogP contribution in [0.4, 0.5) is 11.5 Å². The molecule has 2 rings (SSSR count). The number of ether oxygens (including phenoxy) is 1. The SMILES string of the molecule is CCCOc1nc(NCC2CC2C)ccc1N. The summed E-state index contributed by atoms with van der Waals surface area (Å²) in [6, 6.07) is 3.75. The van der Waals surface area contributed by atoms with Crippen LogP contribution in [-0.4, -0.2) is 18.1 Å². The fourth-order valence-corrected chi connectivity index (χ4v) is 1.78. The van der Waals surface area contributed by atoms with Crippen LogP contribution in [0.5, 0.6) is 5.88 Å². The summed E-state index contributed by atoms with van der Waals surface area (Å²) in [6.45, 7) is 5.98. The van der Waals surface area contributed by atoms with Gasteiger partial charge in [0.1, 0.15) is 5.82 Å². The molecule has 94 valence electrons. The number of rotatable bonds is 6. The molecule has 0 amide bonds. The average Bonchev–Trinajstić information content (AvgIpc) is 3.03. The van der Waals surface area contributed by atoms with Crippen molar-refractivity contribution in [3.63, 3.8) is 0 Å². The van der Waals surface area contributed by atoms with Gasteiger partial charge in [0.15, 0.2) is 0 Å². The Morgan fingerprint density at radius 2 is 2.29 bits per heavy atom. The van der Waals surface area contributed by atoms with Crippen molar-refractivity contribution < 1.29 is 4.74 Å². The van der Waals surface area contributed by atoms with E-state index in [0.29, 0.717) is 18.2 Å². The molecule has 1 fully saturated rings. The lowest BCUT2D eigenvalue weighted by Gasteiger charge is -2.10. The van der Waals surface area contributed by atoms with E-state index in [2.05, 4.69) is 24.1 Å². The van der Waals surface area contributed by atoms with Crippen molar-refractivity contribution in [3.8, 4) is 5.88 Å². The van der Waals surface area contributed by atoms with E-state index in [0.717, 1.165) is 30.6 Å². The normalized spacial score (nSPS) is 22.2. The summed E-state index contributed by atoms with van der Waals surface area (Å²) >= 11 is 0. The second-order valence-corrected chi connectivity index (χ2v) is 4.79. The number of nitrogens with two attached hydrogens (primary N) is 1. The van der Waals surface area contributed by atoms with Gasteiger partial charge < -0.3 is 15.8 Å². The van der Waals surface area contributed by atoms with Gasteiger partial charge in [0.2, 0.25) is 5.88 Å². The third-order valence-corrected chi connectivity index (χ3v) is 3.15. The van der Waals surface area contributed by atoms with Crippen molar-refractivity contribution in [1.82, 2.24) is 4.98 Å². The van der Waals surface area contributed by atoms with Crippen LogP contribution in [0.3, 0.4) is 0 Å². The van der Waals surface area contributed by atoms with Crippen LogP contribution in [0, 0.1) is 11.8 Å². The highest BCUT2D eigenvalue weighted by molar-refractivity contribution is 5.53.